The maximum absolute atomic E-state index is 12.1. The van der Waals surface area contributed by atoms with Gasteiger partial charge in [-0.15, -0.1) is 0 Å². The van der Waals surface area contributed by atoms with Crippen LogP contribution in [-0.4, -0.2) is 10.9 Å². The Morgan fingerprint density at radius 1 is 1.33 bits per heavy atom. The van der Waals surface area contributed by atoms with E-state index in [0.29, 0.717) is 16.1 Å². The van der Waals surface area contributed by atoms with E-state index in [1.807, 2.05) is 19.9 Å². The lowest BCUT2D eigenvalue weighted by atomic mass is 10.1. The molecule has 0 aliphatic heterocycles. The summed E-state index contributed by atoms with van der Waals surface area (Å²) in [5.41, 5.74) is 2.37. The van der Waals surface area contributed by atoms with Crippen LogP contribution in [0.2, 0.25) is 5.02 Å². The highest BCUT2D eigenvalue weighted by Gasteiger charge is 2.12. The van der Waals surface area contributed by atoms with E-state index in [-0.39, 0.29) is 18.0 Å². The van der Waals surface area contributed by atoms with Crippen LogP contribution in [0, 0.1) is 13.8 Å². The first-order valence-electron chi connectivity index (χ1n) is 6.31. The molecule has 1 heterocycles. The van der Waals surface area contributed by atoms with Crippen LogP contribution < -0.4 is 10.9 Å². The molecule has 1 aromatic carbocycles. The van der Waals surface area contributed by atoms with Crippen LogP contribution in [-0.2, 0) is 6.54 Å². The Morgan fingerprint density at radius 2 is 2.05 bits per heavy atom. The summed E-state index contributed by atoms with van der Waals surface area (Å²) >= 11 is 9.32. The number of aromatic nitrogens is 1. The van der Waals surface area contributed by atoms with Gasteiger partial charge in [0.2, 0.25) is 0 Å². The van der Waals surface area contributed by atoms with Gasteiger partial charge in [-0.1, -0.05) is 27.5 Å². The van der Waals surface area contributed by atoms with Gasteiger partial charge in [0.1, 0.15) is 0 Å². The molecule has 0 spiro atoms. The van der Waals surface area contributed by atoms with E-state index in [4.69, 9.17) is 11.6 Å². The van der Waals surface area contributed by atoms with Gasteiger partial charge >= 0.3 is 0 Å². The van der Waals surface area contributed by atoms with E-state index in [1.54, 1.807) is 18.2 Å². The number of benzene rings is 1. The molecule has 6 heteroatoms. The molecule has 1 aromatic heterocycles. The predicted octanol–water partition coefficient (Wildman–Crippen LogP) is 3.34. The van der Waals surface area contributed by atoms with Crippen molar-refractivity contribution in [2.45, 2.75) is 20.4 Å². The van der Waals surface area contributed by atoms with Gasteiger partial charge in [-0.3, -0.25) is 9.59 Å². The van der Waals surface area contributed by atoms with Crippen molar-refractivity contribution in [3.8, 4) is 0 Å². The average molecular weight is 370 g/mol. The zero-order valence-corrected chi connectivity index (χ0v) is 13.9. The highest BCUT2D eigenvalue weighted by Crippen LogP contribution is 2.21. The van der Waals surface area contributed by atoms with Gasteiger partial charge < -0.3 is 10.3 Å². The monoisotopic (exact) mass is 368 g/mol. The number of pyridine rings is 1. The molecule has 110 valence electrons. The number of hydrogen-bond donors (Lipinski definition) is 2. The van der Waals surface area contributed by atoms with Crippen molar-refractivity contribution in [1.82, 2.24) is 10.3 Å². The first kappa shape index (κ1) is 15.8. The number of hydrogen-bond acceptors (Lipinski definition) is 2. The summed E-state index contributed by atoms with van der Waals surface area (Å²) < 4.78 is 0.801. The molecular weight excluding hydrogens is 356 g/mol. The van der Waals surface area contributed by atoms with E-state index >= 15 is 0 Å². The van der Waals surface area contributed by atoms with Gasteiger partial charge in [0, 0.05) is 22.3 Å². The summed E-state index contributed by atoms with van der Waals surface area (Å²) in [4.78, 5) is 26.7. The maximum atomic E-state index is 12.1. The average Bonchev–Trinajstić information content (AvgIpc) is 2.36. The fourth-order valence-electron chi connectivity index (χ4n) is 2.04. The fraction of sp³-hybridized carbons (Fsp3) is 0.200. The Morgan fingerprint density at radius 3 is 2.67 bits per heavy atom. The highest BCUT2D eigenvalue weighted by molar-refractivity contribution is 9.10. The Hall–Kier alpha value is -1.59. The number of aromatic amines is 1. The number of H-pyrrole nitrogens is 1. The van der Waals surface area contributed by atoms with Crippen LogP contribution >= 0.6 is 27.5 Å². The standard InChI is InChI=1S/C15H14BrClN2O2/c1-8-5-9(2)19-15(21)12(8)7-18-14(20)11-4-3-10(16)6-13(11)17/h3-6H,7H2,1-2H3,(H,18,20)(H,19,21). The number of carbonyl (C=O) groups excluding carboxylic acids is 1. The minimum absolute atomic E-state index is 0.159. The maximum Gasteiger partial charge on any atom is 0.253 e. The molecule has 0 saturated carbocycles. The van der Waals surface area contributed by atoms with E-state index in [1.165, 1.54) is 0 Å². The minimum Gasteiger partial charge on any atom is -0.348 e. The third-order valence-corrected chi connectivity index (χ3v) is 3.90. The predicted molar refractivity (Wildman–Crippen MR) is 86.9 cm³/mol. The second-order valence-corrected chi connectivity index (χ2v) is 6.07. The summed E-state index contributed by atoms with van der Waals surface area (Å²) in [5.74, 6) is -0.313. The molecule has 0 saturated heterocycles. The van der Waals surface area contributed by atoms with Crippen LogP contribution in [0.25, 0.3) is 0 Å². The molecule has 0 aliphatic carbocycles. The fourth-order valence-corrected chi connectivity index (χ4v) is 2.80. The molecule has 0 aliphatic rings. The Bertz CT molecular complexity index is 756. The highest BCUT2D eigenvalue weighted by atomic mass is 79.9. The van der Waals surface area contributed by atoms with Gasteiger partial charge in [-0.2, -0.15) is 0 Å². The molecule has 0 unspecified atom stereocenters. The summed E-state index contributed by atoms with van der Waals surface area (Å²) in [5, 5.41) is 3.08. The van der Waals surface area contributed by atoms with E-state index < -0.39 is 0 Å². The first-order valence-corrected chi connectivity index (χ1v) is 7.48. The zero-order valence-electron chi connectivity index (χ0n) is 11.6. The number of aryl methyl sites for hydroxylation is 2. The minimum atomic E-state index is -0.313. The van der Waals surface area contributed by atoms with Crippen molar-refractivity contribution >= 4 is 33.4 Å². The molecule has 4 nitrogen and oxygen atoms in total. The quantitative estimate of drug-likeness (QED) is 0.871. The number of amides is 1. The third-order valence-electron chi connectivity index (χ3n) is 3.10. The number of halogens is 2. The van der Waals surface area contributed by atoms with Gasteiger partial charge in [-0.05, 0) is 43.7 Å². The summed E-state index contributed by atoms with van der Waals surface area (Å²) in [6.45, 7) is 3.82. The molecular formula is C15H14BrClN2O2. The van der Waals surface area contributed by atoms with Crippen molar-refractivity contribution < 1.29 is 4.79 Å². The number of carbonyl (C=O) groups is 1. The van der Waals surface area contributed by atoms with Crippen LogP contribution in [0.15, 0.2) is 33.5 Å². The van der Waals surface area contributed by atoms with Crippen molar-refractivity contribution in [2.24, 2.45) is 0 Å². The number of rotatable bonds is 3. The van der Waals surface area contributed by atoms with Crippen LogP contribution in [0.3, 0.4) is 0 Å². The molecule has 0 bridgehead atoms. The van der Waals surface area contributed by atoms with Crippen molar-refractivity contribution in [3.63, 3.8) is 0 Å². The number of nitrogens with one attached hydrogen (secondary N) is 2. The van der Waals surface area contributed by atoms with Gasteiger partial charge in [-0.25, -0.2) is 0 Å². The van der Waals surface area contributed by atoms with Crippen molar-refractivity contribution in [3.05, 3.63) is 66.5 Å². The molecule has 2 aromatic rings. The Kier molecular flexibility index (Phi) is 4.85. The van der Waals surface area contributed by atoms with E-state index in [9.17, 15) is 9.59 Å². The molecule has 1 amide bonds. The first-order chi connectivity index (χ1) is 9.88. The van der Waals surface area contributed by atoms with E-state index in [2.05, 4.69) is 26.2 Å². The van der Waals surface area contributed by atoms with Crippen LogP contribution in [0.1, 0.15) is 27.2 Å². The summed E-state index contributed by atoms with van der Waals surface area (Å²) in [7, 11) is 0. The third kappa shape index (κ3) is 3.74. The van der Waals surface area contributed by atoms with Gasteiger partial charge in [0.05, 0.1) is 10.6 Å². The normalized spacial score (nSPS) is 10.5. The summed E-state index contributed by atoms with van der Waals surface area (Å²) in [6.07, 6.45) is 0. The van der Waals surface area contributed by atoms with Crippen molar-refractivity contribution in [2.75, 3.05) is 0 Å². The molecule has 2 N–H and O–H groups in total. The summed E-state index contributed by atoms with van der Waals surface area (Å²) in [6, 6.07) is 6.90. The lowest BCUT2D eigenvalue weighted by molar-refractivity contribution is 0.0951. The topological polar surface area (TPSA) is 62.0 Å². The van der Waals surface area contributed by atoms with Gasteiger partial charge in [0.25, 0.3) is 11.5 Å². The molecule has 0 atom stereocenters. The van der Waals surface area contributed by atoms with Crippen LogP contribution in [0.4, 0.5) is 0 Å². The molecule has 2 rings (SSSR count). The Balaban J connectivity index is 2.17. The molecule has 21 heavy (non-hydrogen) atoms. The van der Waals surface area contributed by atoms with Crippen molar-refractivity contribution in [1.29, 1.82) is 0 Å². The zero-order chi connectivity index (χ0) is 15.6. The molecule has 0 radical (unpaired) electrons. The smallest absolute Gasteiger partial charge is 0.253 e. The van der Waals surface area contributed by atoms with E-state index in [0.717, 1.165) is 15.7 Å². The second kappa shape index (κ2) is 6.45. The SMILES string of the molecule is Cc1cc(C)c(CNC(=O)c2ccc(Br)cc2Cl)c(=O)[nH]1. The lowest BCUT2D eigenvalue weighted by Gasteiger charge is -2.09. The van der Waals surface area contributed by atoms with Gasteiger partial charge in [0.15, 0.2) is 0 Å². The second-order valence-electron chi connectivity index (χ2n) is 4.75. The molecule has 0 fully saturated rings. The lowest BCUT2D eigenvalue weighted by Crippen LogP contribution is -2.28. The largest absolute Gasteiger partial charge is 0.348 e. The Labute approximate surface area is 135 Å². The van der Waals surface area contributed by atoms with Crippen LogP contribution in [0.5, 0.6) is 0 Å².